The Morgan fingerprint density at radius 3 is 2.44 bits per heavy atom. The van der Waals surface area contributed by atoms with Gasteiger partial charge in [0, 0.05) is 35.2 Å². The molecule has 0 aliphatic heterocycles. The third-order valence-corrected chi connectivity index (χ3v) is 4.20. The summed E-state index contributed by atoms with van der Waals surface area (Å²) in [4.78, 5) is 20.8. The van der Waals surface area contributed by atoms with Crippen LogP contribution >= 0.6 is 0 Å². The topological polar surface area (TPSA) is 66.9 Å². The quantitative estimate of drug-likeness (QED) is 0.673. The number of carbonyl (C=O) groups is 1. The van der Waals surface area contributed by atoms with Crippen LogP contribution in [0.5, 0.6) is 0 Å². The maximum absolute atomic E-state index is 13.0. The Balaban J connectivity index is 1.71. The highest BCUT2D eigenvalue weighted by atomic mass is 19.1. The van der Waals surface area contributed by atoms with Crippen molar-refractivity contribution in [1.29, 1.82) is 0 Å². The Morgan fingerprint density at radius 1 is 1.07 bits per heavy atom. The molecule has 1 aromatic heterocycles. The van der Waals surface area contributed by atoms with Crippen LogP contribution in [0.3, 0.4) is 0 Å². The molecule has 6 heteroatoms. The minimum atomic E-state index is -0.282. The molecule has 1 heterocycles. The van der Waals surface area contributed by atoms with E-state index in [0.29, 0.717) is 11.5 Å². The van der Waals surface area contributed by atoms with E-state index in [4.69, 9.17) is 0 Å². The van der Waals surface area contributed by atoms with E-state index in [1.54, 1.807) is 42.7 Å². The zero-order valence-electron chi connectivity index (χ0n) is 15.2. The average Bonchev–Trinajstić information content (AvgIpc) is 2.69. The molecule has 0 bridgehead atoms. The molecule has 2 N–H and O–H groups in total. The smallest absolute Gasteiger partial charge is 0.251 e. The summed E-state index contributed by atoms with van der Waals surface area (Å²) in [5.41, 5.74) is 2.93. The fraction of sp³-hybridized carbons (Fsp3) is 0.190. The zero-order chi connectivity index (χ0) is 19.2. The second-order valence-corrected chi connectivity index (χ2v) is 6.29. The zero-order valence-corrected chi connectivity index (χ0v) is 15.2. The van der Waals surface area contributed by atoms with Gasteiger partial charge in [-0.2, -0.15) is 0 Å². The van der Waals surface area contributed by atoms with Crippen LogP contribution in [0.2, 0.25) is 0 Å². The van der Waals surface area contributed by atoms with Gasteiger partial charge in [-0.3, -0.25) is 4.79 Å². The van der Waals surface area contributed by atoms with E-state index < -0.39 is 0 Å². The lowest BCUT2D eigenvalue weighted by atomic mass is 10.1. The molecule has 0 saturated carbocycles. The number of carbonyl (C=O) groups excluding carboxylic acids is 1. The standard InChI is InChI=1S/C21H21FN4O/c1-3-14(2)25-20(27)16-5-4-6-19(11-16)26-21-23-12-17(13-24-21)15-7-9-18(22)10-8-15/h4-14H,3H2,1-2H3,(H,25,27)(H,23,24,26)/t14-/m1/s1. The number of nitrogens with one attached hydrogen (secondary N) is 2. The van der Waals surface area contributed by atoms with Gasteiger partial charge in [-0.1, -0.05) is 25.1 Å². The van der Waals surface area contributed by atoms with Gasteiger partial charge in [-0.05, 0) is 49.2 Å². The van der Waals surface area contributed by atoms with E-state index in [9.17, 15) is 9.18 Å². The summed E-state index contributed by atoms with van der Waals surface area (Å²) in [5.74, 6) is 0.0242. The first-order valence-corrected chi connectivity index (χ1v) is 8.81. The SMILES string of the molecule is CC[C@@H](C)NC(=O)c1cccc(Nc2ncc(-c3ccc(F)cc3)cn2)c1. The summed E-state index contributed by atoms with van der Waals surface area (Å²) in [6, 6.07) is 13.5. The Morgan fingerprint density at radius 2 is 1.78 bits per heavy atom. The van der Waals surface area contributed by atoms with Crippen LogP contribution in [0.4, 0.5) is 16.0 Å². The van der Waals surface area contributed by atoms with E-state index in [2.05, 4.69) is 20.6 Å². The summed E-state index contributed by atoms with van der Waals surface area (Å²) in [6.07, 6.45) is 4.21. The molecule has 0 spiro atoms. The van der Waals surface area contributed by atoms with Crippen LogP contribution in [-0.2, 0) is 0 Å². The number of anilines is 2. The first-order chi connectivity index (χ1) is 13.0. The molecule has 138 valence electrons. The van der Waals surface area contributed by atoms with E-state index in [1.807, 2.05) is 19.9 Å². The number of amides is 1. The monoisotopic (exact) mass is 364 g/mol. The average molecular weight is 364 g/mol. The Kier molecular flexibility index (Phi) is 5.76. The van der Waals surface area contributed by atoms with Gasteiger partial charge < -0.3 is 10.6 Å². The van der Waals surface area contributed by atoms with Gasteiger partial charge in [0.05, 0.1) is 0 Å². The van der Waals surface area contributed by atoms with Gasteiger partial charge in [0.15, 0.2) is 0 Å². The van der Waals surface area contributed by atoms with Crippen LogP contribution in [0.15, 0.2) is 60.9 Å². The van der Waals surface area contributed by atoms with Gasteiger partial charge in [0.1, 0.15) is 5.82 Å². The summed E-state index contributed by atoms with van der Waals surface area (Å²) in [7, 11) is 0. The molecule has 1 amide bonds. The molecular formula is C21H21FN4O. The van der Waals surface area contributed by atoms with Gasteiger partial charge in [-0.25, -0.2) is 14.4 Å². The molecule has 0 aliphatic rings. The fourth-order valence-corrected chi connectivity index (χ4v) is 2.46. The van der Waals surface area contributed by atoms with Gasteiger partial charge in [0.2, 0.25) is 5.95 Å². The van der Waals surface area contributed by atoms with E-state index in [1.165, 1.54) is 12.1 Å². The van der Waals surface area contributed by atoms with Crippen molar-refractivity contribution in [2.75, 3.05) is 5.32 Å². The lowest BCUT2D eigenvalue weighted by Gasteiger charge is -2.12. The molecule has 0 fully saturated rings. The van der Waals surface area contributed by atoms with Crippen molar-refractivity contribution in [2.24, 2.45) is 0 Å². The van der Waals surface area contributed by atoms with Crippen LogP contribution in [0, 0.1) is 5.82 Å². The Hall–Kier alpha value is -3.28. The number of hydrogen-bond donors (Lipinski definition) is 2. The molecule has 2 aromatic carbocycles. The van der Waals surface area contributed by atoms with Gasteiger partial charge in [0.25, 0.3) is 5.91 Å². The number of hydrogen-bond acceptors (Lipinski definition) is 4. The number of halogens is 1. The highest BCUT2D eigenvalue weighted by Gasteiger charge is 2.09. The number of nitrogens with zero attached hydrogens (tertiary/aromatic N) is 2. The van der Waals surface area contributed by atoms with Crippen molar-refractivity contribution in [1.82, 2.24) is 15.3 Å². The molecule has 3 rings (SSSR count). The van der Waals surface area contributed by atoms with E-state index >= 15 is 0 Å². The van der Waals surface area contributed by atoms with Crippen LogP contribution < -0.4 is 10.6 Å². The van der Waals surface area contributed by atoms with Crippen LogP contribution in [0.1, 0.15) is 30.6 Å². The van der Waals surface area contributed by atoms with Crippen molar-refractivity contribution < 1.29 is 9.18 Å². The number of benzene rings is 2. The lowest BCUT2D eigenvalue weighted by molar-refractivity contribution is 0.0939. The number of rotatable bonds is 6. The highest BCUT2D eigenvalue weighted by molar-refractivity contribution is 5.95. The molecule has 0 aliphatic carbocycles. The number of aromatic nitrogens is 2. The molecular weight excluding hydrogens is 343 g/mol. The third kappa shape index (κ3) is 4.88. The van der Waals surface area contributed by atoms with Crippen LogP contribution in [-0.4, -0.2) is 21.9 Å². The molecule has 1 atom stereocenters. The van der Waals surface area contributed by atoms with Crippen molar-refractivity contribution in [2.45, 2.75) is 26.3 Å². The molecule has 27 heavy (non-hydrogen) atoms. The summed E-state index contributed by atoms with van der Waals surface area (Å²) in [6.45, 7) is 3.99. The highest BCUT2D eigenvalue weighted by Crippen LogP contribution is 2.20. The Bertz CT molecular complexity index is 910. The van der Waals surface area contributed by atoms with Crippen LogP contribution in [0.25, 0.3) is 11.1 Å². The molecule has 3 aromatic rings. The van der Waals surface area contributed by atoms with Crippen molar-refractivity contribution in [3.63, 3.8) is 0 Å². The Labute approximate surface area is 157 Å². The summed E-state index contributed by atoms with van der Waals surface area (Å²) < 4.78 is 13.0. The predicted octanol–water partition coefficient (Wildman–Crippen LogP) is 4.55. The second kappa shape index (κ2) is 8.40. The largest absolute Gasteiger partial charge is 0.350 e. The first-order valence-electron chi connectivity index (χ1n) is 8.81. The predicted molar refractivity (Wildman–Crippen MR) is 104 cm³/mol. The van der Waals surface area contributed by atoms with Crippen molar-refractivity contribution in [3.8, 4) is 11.1 Å². The minimum Gasteiger partial charge on any atom is -0.350 e. The van der Waals surface area contributed by atoms with E-state index in [0.717, 1.165) is 23.2 Å². The lowest BCUT2D eigenvalue weighted by Crippen LogP contribution is -2.31. The molecule has 0 unspecified atom stereocenters. The maximum Gasteiger partial charge on any atom is 0.251 e. The van der Waals surface area contributed by atoms with Gasteiger partial charge >= 0.3 is 0 Å². The summed E-state index contributed by atoms with van der Waals surface area (Å²) >= 11 is 0. The van der Waals surface area contributed by atoms with E-state index in [-0.39, 0.29) is 17.8 Å². The third-order valence-electron chi connectivity index (χ3n) is 4.20. The minimum absolute atomic E-state index is 0.111. The molecule has 0 radical (unpaired) electrons. The molecule has 5 nitrogen and oxygen atoms in total. The second-order valence-electron chi connectivity index (χ2n) is 6.29. The van der Waals surface area contributed by atoms with Gasteiger partial charge in [-0.15, -0.1) is 0 Å². The molecule has 0 saturated heterocycles. The summed E-state index contributed by atoms with van der Waals surface area (Å²) in [5, 5.41) is 6.03. The fourth-order valence-electron chi connectivity index (χ4n) is 2.46. The first kappa shape index (κ1) is 18.5. The normalized spacial score (nSPS) is 11.7. The maximum atomic E-state index is 13.0. The van der Waals surface area contributed by atoms with Crippen molar-refractivity contribution in [3.05, 3.63) is 72.3 Å². The van der Waals surface area contributed by atoms with Crippen molar-refractivity contribution >= 4 is 17.5 Å².